The molecule has 0 aromatic carbocycles. The predicted octanol–water partition coefficient (Wildman–Crippen LogP) is -0.819. The summed E-state index contributed by atoms with van der Waals surface area (Å²) in [6.07, 6.45) is -2.88. The Bertz CT molecular complexity index is 980. The molecule has 3 rings (SSSR count). The molecule has 10 nitrogen and oxygen atoms in total. The molecule has 3 heterocycles. The molecule has 138 valence electrons. The highest BCUT2D eigenvalue weighted by Crippen LogP contribution is 2.41. The fraction of sp³-hybridized carbons (Fsp3) is 0.500. The smallest absolute Gasteiger partial charge is 0.308 e. The summed E-state index contributed by atoms with van der Waals surface area (Å²) in [5, 5.41) is 40.6. The van der Waals surface area contributed by atoms with Crippen molar-refractivity contribution in [2.75, 3.05) is 6.61 Å². The van der Waals surface area contributed by atoms with Crippen LogP contribution < -0.4 is 5.49 Å². The van der Waals surface area contributed by atoms with Crippen molar-refractivity contribution in [2.24, 2.45) is 5.92 Å². The summed E-state index contributed by atoms with van der Waals surface area (Å²) in [4.78, 5) is 15.9. The van der Waals surface area contributed by atoms with E-state index >= 15 is 0 Å². The van der Waals surface area contributed by atoms with E-state index in [9.17, 15) is 20.3 Å². The molecule has 4 atom stereocenters. The van der Waals surface area contributed by atoms with E-state index in [0.717, 1.165) is 0 Å². The van der Waals surface area contributed by atoms with Crippen molar-refractivity contribution in [2.45, 2.75) is 37.8 Å². The number of hydrogen-bond donors (Lipinski definition) is 4. The highest BCUT2D eigenvalue weighted by molar-refractivity contribution is 5.72. The molecule has 1 aliphatic heterocycles. The normalized spacial score (nSPS) is 28.9. The molecule has 0 bridgehead atoms. The van der Waals surface area contributed by atoms with Crippen LogP contribution in [-0.4, -0.2) is 55.7 Å². The number of aliphatic hydroxyl groups is 2. The van der Waals surface area contributed by atoms with Gasteiger partial charge in [-0.05, 0) is 12.1 Å². The molecule has 2 aromatic heterocycles. The Morgan fingerprint density at radius 2 is 2.46 bits per heavy atom. The first-order chi connectivity index (χ1) is 12.8. The van der Waals surface area contributed by atoms with Crippen molar-refractivity contribution in [1.82, 2.24) is 14.6 Å². The number of nitrogens with one attached hydrogen (secondary N) is 2. The zero-order chi connectivity index (χ0) is 19.9. The topological polar surface area (TPSA) is 157 Å². The van der Waals surface area contributed by atoms with Crippen molar-refractivity contribution in [3.8, 4) is 6.07 Å². The molecule has 10 heteroatoms. The monoisotopic (exact) mass is 362 g/mol. The number of esters is 1. The Hall–Kier alpha value is -2.74. The van der Waals surface area contributed by atoms with E-state index in [0.29, 0.717) is 0 Å². The van der Waals surface area contributed by atoms with Crippen molar-refractivity contribution >= 4 is 11.5 Å². The Kier molecular flexibility index (Phi) is 4.20. The summed E-state index contributed by atoms with van der Waals surface area (Å²) < 4.78 is 20.4. The maximum Gasteiger partial charge on any atom is 0.308 e. The van der Waals surface area contributed by atoms with E-state index in [1.54, 1.807) is 13.8 Å². The third kappa shape index (κ3) is 2.57. The summed E-state index contributed by atoms with van der Waals surface area (Å²) in [6.45, 7) is 2.59. The minimum Gasteiger partial charge on any atom is -0.455 e. The number of ether oxygens (including phenoxy) is 2. The van der Waals surface area contributed by atoms with Crippen LogP contribution in [-0.2, 0) is 19.9 Å². The van der Waals surface area contributed by atoms with Gasteiger partial charge in [0.25, 0.3) is 0 Å². The molecule has 0 aliphatic carbocycles. The maximum absolute atomic E-state index is 12.1. The van der Waals surface area contributed by atoms with E-state index in [1.807, 2.05) is 6.07 Å². The fourth-order valence-electron chi connectivity index (χ4n) is 2.90. The number of H-pyrrole nitrogens is 1. The average molecular weight is 362 g/mol. The molecule has 0 radical (unpaired) electrons. The number of nitriles is 1. The molecule has 0 spiro atoms. The van der Waals surface area contributed by atoms with Crippen LogP contribution in [0.4, 0.5) is 0 Å². The second-order valence-electron chi connectivity index (χ2n) is 6.28. The zero-order valence-corrected chi connectivity index (χ0v) is 14.1. The third-order valence-corrected chi connectivity index (χ3v) is 4.29. The molecule has 1 aliphatic rings. The maximum atomic E-state index is 12.1. The van der Waals surface area contributed by atoms with Gasteiger partial charge in [0.05, 0.1) is 19.6 Å². The highest BCUT2D eigenvalue weighted by Gasteiger charge is 2.60. The van der Waals surface area contributed by atoms with E-state index in [2.05, 4.69) is 10.1 Å². The minimum atomic E-state index is -2.00. The van der Waals surface area contributed by atoms with Crippen LogP contribution in [0.1, 0.15) is 20.9 Å². The minimum absolute atomic E-state index is 0.0532. The fourth-order valence-corrected chi connectivity index (χ4v) is 2.90. The molecule has 0 amide bonds. The van der Waals surface area contributed by atoms with Crippen LogP contribution in [0.15, 0.2) is 18.4 Å². The molecular weight excluding hydrogens is 342 g/mol. The number of hydrogen-bond acceptors (Lipinski definition) is 8. The molecule has 0 saturated carbocycles. The number of aliphatic hydroxyl groups excluding tert-OH is 2. The Labute approximate surface area is 149 Å². The van der Waals surface area contributed by atoms with Gasteiger partial charge in [0.2, 0.25) is 5.60 Å². The van der Waals surface area contributed by atoms with Gasteiger partial charge in [0, 0.05) is 0 Å². The van der Waals surface area contributed by atoms with E-state index in [1.165, 1.54) is 16.9 Å². The summed E-state index contributed by atoms with van der Waals surface area (Å²) in [5.41, 5.74) is -2.06. The summed E-state index contributed by atoms with van der Waals surface area (Å²) >= 11 is 0. The lowest BCUT2D eigenvalue weighted by Crippen LogP contribution is -2.45. The Morgan fingerprint density at radius 3 is 3.08 bits per heavy atom. The van der Waals surface area contributed by atoms with Gasteiger partial charge in [-0.25, -0.2) is 4.98 Å². The number of nitrogens with zero attached hydrogens (tertiary/aromatic N) is 3. The molecular formula is C16H19N5O5. The van der Waals surface area contributed by atoms with Gasteiger partial charge in [0.15, 0.2) is 11.6 Å². The van der Waals surface area contributed by atoms with Crippen LogP contribution >= 0.6 is 0 Å². The number of aromatic nitrogens is 3. The van der Waals surface area contributed by atoms with Gasteiger partial charge < -0.3 is 19.7 Å². The molecule has 0 unspecified atom stereocenters. The third-order valence-electron chi connectivity index (χ3n) is 4.29. The van der Waals surface area contributed by atoms with Crippen LogP contribution in [0.2, 0.25) is 0 Å². The Balaban J connectivity index is 2.22. The van der Waals surface area contributed by atoms with E-state index < -0.39 is 42.4 Å². The molecule has 1 saturated heterocycles. The molecule has 2 aromatic rings. The molecule has 1 fully saturated rings. The summed E-state index contributed by atoms with van der Waals surface area (Å²) in [6, 6.07) is 3.10. The first kappa shape index (κ1) is 16.7. The second kappa shape index (κ2) is 6.53. The van der Waals surface area contributed by atoms with Crippen molar-refractivity contribution in [3.63, 3.8) is 0 Å². The van der Waals surface area contributed by atoms with Gasteiger partial charge >= 0.3 is 5.97 Å². The van der Waals surface area contributed by atoms with Crippen molar-refractivity contribution in [1.29, 1.82) is 10.7 Å². The average Bonchev–Trinajstić information content (AvgIpc) is 3.12. The largest absolute Gasteiger partial charge is 0.455 e. The van der Waals surface area contributed by atoms with Gasteiger partial charge in [-0.15, -0.1) is 0 Å². The number of fused-ring (bicyclic) bond motifs is 1. The van der Waals surface area contributed by atoms with Crippen molar-refractivity contribution < 1.29 is 25.9 Å². The summed E-state index contributed by atoms with van der Waals surface area (Å²) in [5.74, 6) is -1.17. The molecule has 26 heavy (non-hydrogen) atoms. The lowest BCUT2D eigenvalue weighted by atomic mass is 9.92. The standard InChI is InChI=1S/C16H19N5O5/c1-8(2)15(24)25-13-12(23)10(5-22)26-16(13,6-17)11-4-3-9-14(18)19-7-20-21(9)11/h3-4,7-8,10,12-13,22-23H,5H2,1-2H3,(H2,18,19,20)/t10-,12-,13-,16+/m1/s1/i3D. The summed E-state index contributed by atoms with van der Waals surface area (Å²) in [7, 11) is 0. The van der Waals surface area contributed by atoms with E-state index in [4.69, 9.17) is 16.3 Å². The first-order valence-electron chi connectivity index (χ1n) is 8.46. The number of carbonyl (C=O) groups excluding carboxylic acids is 1. The number of rotatable bonds is 4. The van der Waals surface area contributed by atoms with Gasteiger partial charge in [-0.1, -0.05) is 13.8 Å². The molecule has 4 N–H and O–H groups in total. The van der Waals surface area contributed by atoms with Gasteiger partial charge in [-0.2, -0.15) is 5.26 Å². The van der Waals surface area contributed by atoms with Gasteiger partial charge in [0.1, 0.15) is 30.1 Å². The van der Waals surface area contributed by atoms with Crippen LogP contribution in [0.5, 0.6) is 0 Å². The number of carbonyl (C=O) groups is 1. The zero-order valence-electron chi connectivity index (χ0n) is 15.1. The predicted molar refractivity (Wildman–Crippen MR) is 85.4 cm³/mol. The number of aromatic amines is 1. The van der Waals surface area contributed by atoms with E-state index in [-0.39, 0.29) is 22.7 Å². The van der Waals surface area contributed by atoms with Crippen LogP contribution in [0.3, 0.4) is 0 Å². The first-order valence-corrected chi connectivity index (χ1v) is 7.96. The van der Waals surface area contributed by atoms with Crippen molar-refractivity contribution in [3.05, 3.63) is 29.6 Å². The SMILES string of the molecule is [2H]c1cc([C@]2(C#N)O[C@H](CO)[C@@H](O)[C@H]2OC(=O)C(C)C)n2[nH]cnc(=N)c12. The quantitative estimate of drug-likeness (QED) is 0.518. The van der Waals surface area contributed by atoms with Gasteiger partial charge in [-0.3, -0.25) is 19.8 Å². The lowest BCUT2D eigenvalue weighted by molar-refractivity contribution is -0.163. The van der Waals surface area contributed by atoms with Crippen LogP contribution in [0, 0.1) is 22.7 Å². The Morgan fingerprint density at radius 1 is 1.73 bits per heavy atom. The highest BCUT2D eigenvalue weighted by atomic mass is 16.6. The lowest BCUT2D eigenvalue weighted by Gasteiger charge is -2.28. The van der Waals surface area contributed by atoms with Crippen LogP contribution in [0.25, 0.3) is 5.52 Å². The second-order valence-corrected chi connectivity index (χ2v) is 6.28.